The van der Waals surface area contributed by atoms with Crippen molar-refractivity contribution in [2.24, 2.45) is 0 Å². The normalized spacial score (nSPS) is 10.8. The highest BCUT2D eigenvalue weighted by molar-refractivity contribution is 6.00. The maximum absolute atomic E-state index is 4.25. The highest BCUT2D eigenvalue weighted by atomic mass is 14.6. The Morgan fingerprint density at radius 3 is 0.719 bits per heavy atom. The smallest absolute Gasteiger partial charge is 0.0273 e. The van der Waals surface area contributed by atoms with Gasteiger partial charge in [-0.05, 0) is 118 Å². The van der Waals surface area contributed by atoms with Gasteiger partial charge in [0, 0.05) is 49.6 Å². The van der Waals surface area contributed by atoms with Crippen molar-refractivity contribution in [1.29, 1.82) is 0 Å². The molecule has 0 radical (unpaired) electrons. The van der Waals surface area contributed by atoms with E-state index in [9.17, 15) is 0 Å². The second-order valence-electron chi connectivity index (χ2n) is 7.69. The van der Waals surface area contributed by atoms with Crippen LogP contribution in [0.4, 0.5) is 0 Å². The second kappa shape index (κ2) is 8.52. The molecule has 154 valence electrons. The summed E-state index contributed by atoms with van der Waals surface area (Å²) in [5.41, 5.74) is 11.8. The zero-order valence-corrected chi connectivity index (χ0v) is 18.0. The van der Waals surface area contributed by atoms with E-state index in [2.05, 4.69) is 82.3 Å². The van der Waals surface area contributed by atoms with Crippen molar-refractivity contribution in [3.05, 3.63) is 109 Å². The van der Waals surface area contributed by atoms with E-state index in [1.165, 1.54) is 33.4 Å². The van der Waals surface area contributed by atoms with Crippen molar-refractivity contribution in [3.63, 3.8) is 0 Å². The monoisotopic (exact) mass is 414 g/mol. The fourth-order valence-electron chi connectivity index (χ4n) is 4.52. The lowest BCUT2D eigenvalue weighted by Gasteiger charge is -2.25. The Bertz CT molecular complexity index is 1140. The van der Waals surface area contributed by atoms with E-state index in [0.717, 1.165) is 22.3 Å². The largest absolute Gasteiger partial charge is 0.265 e. The molecule has 4 heteroatoms. The Morgan fingerprint density at radius 2 is 0.531 bits per heavy atom. The van der Waals surface area contributed by atoms with Gasteiger partial charge in [-0.15, -0.1) is 0 Å². The van der Waals surface area contributed by atoms with Crippen molar-refractivity contribution in [3.8, 4) is 44.5 Å². The van der Waals surface area contributed by atoms with E-state index in [0.29, 0.717) is 0 Å². The van der Waals surface area contributed by atoms with Gasteiger partial charge >= 0.3 is 0 Å². The van der Waals surface area contributed by atoms with Gasteiger partial charge in [0.25, 0.3) is 0 Å². The van der Waals surface area contributed by atoms with Gasteiger partial charge in [-0.3, -0.25) is 19.9 Å². The molecule has 4 nitrogen and oxygen atoms in total. The van der Waals surface area contributed by atoms with E-state index < -0.39 is 0 Å². The molecular weight excluding hydrogens is 392 g/mol. The molecule has 0 fully saturated rings. The molecule has 0 unspecified atom stereocenters. The fraction of sp³-hybridized carbons (Fsp3) is 0.0714. The maximum atomic E-state index is 4.25. The molecule has 0 bridgehead atoms. The zero-order valence-electron chi connectivity index (χ0n) is 18.0. The molecule has 5 aromatic rings. The van der Waals surface area contributed by atoms with Crippen molar-refractivity contribution in [2.75, 3.05) is 0 Å². The van der Waals surface area contributed by atoms with Crippen molar-refractivity contribution >= 4 is 0 Å². The van der Waals surface area contributed by atoms with Crippen LogP contribution in [0.1, 0.15) is 11.1 Å². The third-order valence-corrected chi connectivity index (χ3v) is 5.88. The molecule has 32 heavy (non-hydrogen) atoms. The summed E-state index contributed by atoms with van der Waals surface area (Å²) >= 11 is 0. The number of hydrogen-bond acceptors (Lipinski definition) is 4. The minimum atomic E-state index is 1.14. The number of aromatic nitrogens is 4. The second-order valence-corrected chi connectivity index (χ2v) is 7.69. The maximum Gasteiger partial charge on any atom is 0.0273 e. The highest BCUT2D eigenvalue weighted by Gasteiger charge is 2.23. The lowest BCUT2D eigenvalue weighted by atomic mass is 9.79. The molecule has 0 saturated carbocycles. The van der Waals surface area contributed by atoms with Crippen molar-refractivity contribution in [2.45, 2.75) is 13.8 Å². The van der Waals surface area contributed by atoms with Crippen LogP contribution >= 0.6 is 0 Å². The number of rotatable bonds is 4. The van der Waals surface area contributed by atoms with Gasteiger partial charge in [-0.25, -0.2) is 0 Å². The van der Waals surface area contributed by atoms with E-state index in [1.54, 1.807) is 0 Å². The number of pyridine rings is 4. The summed E-state index contributed by atoms with van der Waals surface area (Å²) in [5.74, 6) is 0. The Kier molecular flexibility index (Phi) is 5.26. The van der Waals surface area contributed by atoms with Gasteiger partial charge in [0.05, 0.1) is 0 Å². The number of nitrogens with zero attached hydrogens (tertiary/aromatic N) is 4. The minimum absolute atomic E-state index is 1.14. The van der Waals surface area contributed by atoms with Crippen LogP contribution in [0.15, 0.2) is 98.1 Å². The standard InChI is InChI=1S/C28H22N4/c1-19-25(21-3-11-29-12-4-21)27(23-7-15-31-16-8-23)20(2)28(24-9-17-32-18-10-24)26(19)22-5-13-30-14-6-22/h3-18H,1-2H3. The first-order valence-corrected chi connectivity index (χ1v) is 10.5. The highest BCUT2D eigenvalue weighted by Crippen LogP contribution is 2.47. The molecule has 0 N–H and O–H groups in total. The Labute approximate surface area is 187 Å². The van der Waals surface area contributed by atoms with Crippen LogP contribution in [0.2, 0.25) is 0 Å². The predicted molar refractivity (Wildman–Crippen MR) is 129 cm³/mol. The molecule has 5 rings (SSSR count). The summed E-state index contributed by atoms with van der Waals surface area (Å²) < 4.78 is 0. The number of benzene rings is 1. The summed E-state index contributed by atoms with van der Waals surface area (Å²) in [4.78, 5) is 17.0. The van der Waals surface area contributed by atoms with E-state index in [1.807, 2.05) is 49.6 Å². The van der Waals surface area contributed by atoms with Gasteiger partial charge in [-0.1, -0.05) is 0 Å². The molecule has 0 aliphatic carbocycles. The Morgan fingerprint density at radius 1 is 0.344 bits per heavy atom. The molecule has 0 saturated heterocycles. The molecule has 0 spiro atoms. The molecule has 0 atom stereocenters. The molecule has 0 aliphatic rings. The van der Waals surface area contributed by atoms with Crippen LogP contribution in [-0.2, 0) is 0 Å². The van der Waals surface area contributed by atoms with Gasteiger partial charge < -0.3 is 0 Å². The van der Waals surface area contributed by atoms with Crippen LogP contribution < -0.4 is 0 Å². The lowest BCUT2D eigenvalue weighted by Crippen LogP contribution is -2.01. The first kappa shape index (κ1) is 19.8. The SMILES string of the molecule is Cc1c(-c2ccncc2)c(-c2ccncc2)c(C)c(-c2ccncc2)c1-c1ccncc1. The average molecular weight is 415 g/mol. The first-order chi connectivity index (χ1) is 15.8. The summed E-state index contributed by atoms with van der Waals surface area (Å²) in [7, 11) is 0. The quantitative estimate of drug-likeness (QED) is 0.334. The third-order valence-electron chi connectivity index (χ3n) is 5.88. The average Bonchev–Trinajstić information content (AvgIpc) is 2.87. The molecule has 0 amide bonds. The van der Waals surface area contributed by atoms with E-state index in [4.69, 9.17) is 0 Å². The summed E-state index contributed by atoms with van der Waals surface area (Å²) in [5, 5.41) is 0. The van der Waals surface area contributed by atoms with Crippen LogP contribution in [0.25, 0.3) is 44.5 Å². The topological polar surface area (TPSA) is 51.6 Å². The summed E-state index contributed by atoms with van der Waals surface area (Å²) in [6.07, 6.45) is 14.8. The number of hydrogen-bond donors (Lipinski definition) is 0. The van der Waals surface area contributed by atoms with Crippen LogP contribution in [-0.4, -0.2) is 19.9 Å². The fourth-order valence-corrected chi connectivity index (χ4v) is 4.52. The van der Waals surface area contributed by atoms with Crippen LogP contribution in [0, 0.1) is 13.8 Å². The molecule has 1 aromatic carbocycles. The molecule has 0 aliphatic heterocycles. The van der Waals surface area contributed by atoms with Crippen LogP contribution in [0.3, 0.4) is 0 Å². The minimum Gasteiger partial charge on any atom is -0.265 e. The zero-order chi connectivity index (χ0) is 21.9. The summed E-state index contributed by atoms with van der Waals surface area (Å²) in [6, 6.07) is 16.6. The Hall–Kier alpha value is -4.18. The lowest BCUT2D eigenvalue weighted by molar-refractivity contribution is 1.29. The van der Waals surface area contributed by atoms with Crippen molar-refractivity contribution < 1.29 is 0 Å². The summed E-state index contributed by atoms with van der Waals surface area (Å²) in [6.45, 7) is 4.42. The van der Waals surface area contributed by atoms with Gasteiger partial charge in [0.2, 0.25) is 0 Å². The van der Waals surface area contributed by atoms with Gasteiger partial charge in [-0.2, -0.15) is 0 Å². The molecular formula is C28H22N4. The Balaban J connectivity index is 1.97. The first-order valence-electron chi connectivity index (χ1n) is 10.5. The van der Waals surface area contributed by atoms with E-state index in [-0.39, 0.29) is 0 Å². The third kappa shape index (κ3) is 3.46. The predicted octanol–water partition coefficient (Wildman–Crippen LogP) is 6.55. The van der Waals surface area contributed by atoms with Crippen molar-refractivity contribution in [1.82, 2.24) is 19.9 Å². The van der Waals surface area contributed by atoms with Crippen LogP contribution in [0.5, 0.6) is 0 Å². The van der Waals surface area contributed by atoms with E-state index >= 15 is 0 Å². The molecule has 4 aromatic heterocycles. The van der Waals surface area contributed by atoms with Gasteiger partial charge in [0.1, 0.15) is 0 Å². The molecule has 4 heterocycles. The van der Waals surface area contributed by atoms with Gasteiger partial charge in [0.15, 0.2) is 0 Å².